The highest BCUT2D eigenvalue weighted by Gasteiger charge is 2.19. The maximum Gasteiger partial charge on any atom is 0.339 e. The highest BCUT2D eigenvalue weighted by atomic mass is 16.4. The highest BCUT2D eigenvalue weighted by molar-refractivity contribution is 5.88. The highest BCUT2D eigenvalue weighted by Crippen LogP contribution is 2.30. The van der Waals surface area contributed by atoms with E-state index in [-0.39, 0.29) is 5.56 Å². The van der Waals surface area contributed by atoms with Gasteiger partial charge in [-0.2, -0.15) is 0 Å². The first-order chi connectivity index (χ1) is 7.68. The van der Waals surface area contributed by atoms with E-state index in [1.807, 2.05) is 0 Å². The molecule has 0 unspecified atom stereocenters. The third-order valence-electron chi connectivity index (χ3n) is 3.20. The van der Waals surface area contributed by atoms with Gasteiger partial charge in [-0.3, -0.25) is 0 Å². The number of nitrogens with zero attached hydrogens (tertiary/aromatic N) is 2. The Morgan fingerprint density at radius 1 is 1.38 bits per heavy atom. The predicted molar refractivity (Wildman–Crippen MR) is 59.6 cm³/mol. The molecule has 1 aliphatic rings. The Kier molecular flexibility index (Phi) is 3.17. The van der Waals surface area contributed by atoms with E-state index in [0.29, 0.717) is 11.6 Å². The van der Waals surface area contributed by atoms with Crippen molar-refractivity contribution in [3.8, 4) is 0 Å². The first-order valence-corrected chi connectivity index (χ1v) is 5.75. The van der Waals surface area contributed by atoms with Gasteiger partial charge in [0.2, 0.25) is 0 Å². The van der Waals surface area contributed by atoms with Crippen LogP contribution in [0.3, 0.4) is 0 Å². The summed E-state index contributed by atoms with van der Waals surface area (Å²) < 4.78 is 0. The zero-order valence-electron chi connectivity index (χ0n) is 9.44. The summed E-state index contributed by atoms with van der Waals surface area (Å²) >= 11 is 0. The van der Waals surface area contributed by atoms with Crippen molar-refractivity contribution in [1.29, 1.82) is 0 Å². The van der Waals surface area contributed by atoms with E-state index >= 15 is 0 Å². The number of aromatic carboxylic acids is 1. The summed E-state index contributed by atoms with van der Waals surface area (Å²) in [6.45, 7) is 1.73. The molecule has 1 N–H and O–H groups in total. The average molecular weight is 220 g/mol. The Balaban J connectivity index is 2.23. The van der Waals surface area contributed by atoms with Crippen molar-refractivity contribution in [2.45, 2.75) is 44.9 Å². The second-order valence-electron chi connectivity index (χ2n) is 4.37. The van der Waals surface area contributed by atoms with E-state index in [1.54, 1.807) is 6.92 Å². The number of aryl methyl sites for hydroxylation is 1. The lowest BCUT2D eigenvalue weighted by Crippen LogP contribution is -2.12. The molecule has 0 saturated heterocycles. The number of aromatic nitrogens is 2. The molecular weight excluding hydrogens is 204 g/mol. The van der Waals surface area contributed by atoms with E-state index in [9.17, 15) is 4.79 Å². The van der Waals surface area contributed by atoms with Gasteiger partial charge in [0, 0.05) is 12.1 Å². The largest absolute Gasteiger partial charge is 0.478 e. The molecule has 1 saturated carbocycles. The van der Waals surface area contributed by atoms with Crippen molar-refractivity contribution < 1.29 is 9.90 Å². The Hall–Kier alpha value is -1.45. The molecule has 0 radical (unpaired) electrons. The molecule has 1 aliphatic carbocycles. The maximum absolute atomic E-state index is 10.8. The first-order valence-electron chi connectivity index (χ1n) is 5.75. The minimum atomic E-state index is -0.951. The van der Waals surface area contributed by atoms with Gasteiger partial charge in [0.15, 0.2) is 0 Å². The molecule has 0 aromatic carbocycles. The van der Waals surface area contributed by atoms with Crippen molar-refractivity contribution in [2.24, 2.45) is 0 Å². The number of carboxylic acids is 1. The van der Waals surface area contributed by atoms with Crippen LogP contribution in [-0.4, -0.2) is 21.0 Å². The van der Waals surface area contributed by atoms with Gasteiger partial charge in [-0.05, 0) is 19.8 Å². The Morgan fingerprint density at radius 3 is 2.62 bits per heavy atom. The van der Waals surface area contributed by atoms with Gasteiger partial charge in [-0.1, -0.05) is 19.3 Å². The van der Waals surface area contributed by atoms with Crippen molar-refractivity contribution in [1.82, 2.24) is 9.97 Å². The smallest absolute Gasteiger partial charge is 0.339 e. The normalized spacial score (nSPS) is 17.3. The molecule has 86 valence electrons. The molecule has 2 rings (SSSR count). The van der Waals surface area contributed by atoms with Crippen LogP contribution in [0.4, 0.5) is 0 Å². The lowest BCUT2D eigenvalue weighted by Gasteiger charge is -2.20. The third-order valence-corrected chi connectivity index (χ3v) is 3.20. The zero-order chi connectivity index (χ0) is 11.5. The van der Waals surface area contributed by atoms with Crippen LogP contribution in [0.25, 0.3) is 0 Å². The summed E-state index contributed by atoms with van der Waals surface area (Å²) in [6, 6.07) is 0. The van der Waals surface area contributed by atoms with Crippen molar-refractivity contribution in [3.05, 3.63) is 23.3 Å². The van der Waals surface area contributed by atoms with Gasteiger partial charge in [-0.25, -0.2) is 14.8 Å². The minimum Gasteiger partial charge on any atom is -0.478 e. The average Bonchev–Trinajstić information content (AvgIpc) is 2.29. The molecule has 0 bridgehead atoms. The van der Waals surface area contributed by atoms with Crippen LogP contribution in [0.2, 0.25) is 0 Å². The zero-order valence-corrected chi connectivity index (χ0v) is 9.44. The van der Waals surface area contributed by atoms with Crippen molar-refractivity contribution >= 4 is 5.97 Å². The van der Waals surface area contributed by atoms with Gasteiger partial charge in [0.05, 0.1) is 11.3 Å². The lowest BCUT2D eigenvalue weighted by molar-refractivity contribution is 0.0695. The van der Waals surface area contributed by atoms with E-state index < -0.39 is 5.97 Å². The molecule has 0 aliphatic heterocycles. The molecule has 4 heteroatoms. The third kappa shape index (κ3) is 2.21. The molecule has 16 heavy (non-hydrogen) atoms. The van der Waals surface area contributed by atoms with Crippen LogP contribution in [0.1, 0.15) is 59.9 Å². The predicted octanol–water partition coefficient (Wildman–Crippen LogP) is 2.53. The quantitative estimate of drug-likeness (QED) is 0.831. The van der Waals surface area contributed by atoms with E-state index in [1.165, 1.54) is 25.5 Å². The fourth-order valence-electron chi connectivity index (χ4n) is 2.25. The van der Waals surface area contributed by atoms with Crippen LogP contribution in [0, 0.1) is 6.92 Å². The molecule has 1 aromatic rings. The van der Waals surface area contributed by atoms with Crippen molar-refractivity contribution in [3.63, 3.8) is 0 Å². The van der Waals surface area contributed by atoms with Crippen LogP contribution in [0.15, 0.2) is 6.20 Å². The fraction of sp³-hybridized carbons (Fsp3) is 0.583. The minimum absolute atomic E-state index is 0.208. The monoisotopic (exact) mass is 220 g/mol. The van der Waals surface area contributed by atoms with Gasteiger partial charge in [0.1, 0.15) is 5.82 Å². The second-order valence-corrected chi connectivity index (χ2v) is 4.37. The van der Waals surface area contributed by atoms with Gasteiger partial charge >= 0.3 is 5.97 Å². The molecule has 0 atom stereocenters. The topological polar surface area (TPSA) is 63.1 Å². The number of carbonyl (C=O) groups is 1. The fourth-order valence-corrected chi connectivity index (χ4v) is 2.25. The Morgan fingerprint density at radius 2 is 2.06 bits per heavy atom. The summed E-state index contributed by atoms with van der Waals surface area (Å²) in [4.78, 5) is 19.3. The molecule has 1 aromatic heterocycles. The molecular formula is C12H16N2O2. The SMILES string of the molecule is Cc1nc(C2CCCCC2)ncc1C(=O)O. The summed E-state index contributed by atoms with van der Waals surface area (Å²) in [6.07, 6.45) is 7.45. The maximum atomic E-state index is 10.8. The molecule has 1 heterocycles. The molecule has 0 amide bonds. The number of hydrogen-bond acceptors (Lipinski definition) is 3. The van der Waals surface area contributed by atoms with E-state index in [0.717, 1.165) is 18.7 Å². The van der Waals surface area contributed by atoms with Crippen LogP contribution >= 0.6 is 0 Å². The van der Waals surface area contributed by atoms with Crippen LogP contribution < -0.4 is 0 Å². The Labute approximate surface area is 94.7 Å². The van der Waals surface area contributed by atoms with Crippen LogP contribution in [0.5, 0.6) is 0 Å². The summed E-state index contributed by atoms with van der Waals surface area (Å²) in [5.74, 6) is 0.296. The lowest BCUT2D eigenvalue weighted by atomic mass is 9.88. The second kappa shape index (κ2) is 4.60. The Bertz CT molecular complexity index is 398. The summed E-state index contributed by atoms with van der Waals surface area (Å²) in [5.41, 5.74) is 0.780. The van der Waals surface area contributed by atoms with Crippen molar-refractivity contribution in [2.75, 3.05) is 0 Å². The number of hydrogen-bond donors (Lipinski definition) is 1. The summed E-state index contributed by atoms with van der Waals surface area (Å²) in [5, 5.41) is 8.89. The molecule has 0 spiro atoms. The van der Waals surface area contributed by atoms with E-state index in [2.05, 4.69) is 9.97 Å². The first kappa shape index (κ1) is 11.0. The van der Waals surface area contributed by atoms with Gasteiger partial charge in [-0.15, -0.1) is 0 Å². The van der Waals surface area contributed by atoms with E-state index in [4.69, 9.17) is 5.11 Å². The van der Waals surface area contributed by atoms with Gasteiger partial charge < -0.3 is 5.11 Å². The number of carboxylic acid groups (broad SMARTS) is 1. The number of rotatable bonds is 2. The summed E-state index contributed by atoms with van der Waals surface area (Å²) in [7, 11) is 0. The molecule has 1 fully saturated rings. The molecule has 4 nitrogen and oxygen atoms in total. The standard InChI is InChI=1S/C12H16N2O2/c1-8-10(12(15)16)7-13-11(14-8)9-5-3-2-4-6-9/h7,9H,2-6H2,1H3,(H,15,16). The van der Waals surface area contributed by atoms with Gasteiger partial charge in [0.25, 0.3) is 0 Å². The van der Waals surface area contributed by atoms with Crippen LogP contribution in [-0.2, 0) is 0 Å².